The van der Waals surface area contributed by atoms with E-state index < -0.39 is 0 Å². The highest BCUT2D eigenvalue weighted by Crippen LogP contribution is 1.99. The molecule has 0 spiro atoms. The number of hydrogen-bond acceptors (Lipinski definition) is 3. The van der Waals surface area contributed by atoms with Crippen molar-refractivity contribution in [1.82, 2.24) is 15.3 Å². The standard InChI is InChI=1S/C13H13N3O/c17-13(12-8-14-10-15-9-12)16-7-6-11-4-2-1-3-5-11/h1-5,8-10H,6-7H2,(H,16,17). The van der Waals surface area contributed by atoms with Crippen LogP contribution >= 0.6 is 0 Å². The van der Waals surface area contributed by atoms with Crippen molar-refractivity contribution in [1.29, 1.82) is 0 Å². The second-order valence-corrected chi connectivity index (χ2v) is 3.62. The van der Waals surface area contributed by atoms with Gasteiger partial charge in [-0.3, -0.25) is 4.79 Å². The molecular formula is C13H13N3O. The predicted octanol–water partition coefficient (Wildman–Crippen LogP) is 1.45. The van der Waals surface area contributed by atoms with Crippen LogP contribution in [0.4, 0.5) is 0 Å². The van der Waals surface area contributed by atoms with E-state index in [1.54, 1.807) is 0 Å². The van der Waals surface area contributed by atoms with Gasteiger partial charge in [0.15, 0.2) is 0 Å². The molecule has 1 aromatic carbocycles. The number of nitrogens with one attached hydrogen (secondary N) is 1. The molecule has 0 unspecified atom stereocenters. The molecule has 0 radical (unpaired) electrons. The first-order valence-corrected chi connectivity index (χ1v) is 5.43. The molecule has 0 saturated carbocycles. The minimum absolute atomic E-state index is 0.137. The van der Waals surface area contributed by atoms with Crippen LogP contribution in [-0.2, 0) is 6.42 Å². The lowest BCUT2D eigenvalue weighted by atomic mass is 10.1. The summed E-state index contributed by atoms with van der Waals surface area (Å²) in [5.41, 5.74) is 1.69. The number of nitrogens with zero attached hydrogens (tertiary/aromatic N) is 2. The topological polar surface area (TPSA) is 54.9 Å². The molecule has 1 aromatic heterocycles. The Bertz CT molecular complexity index is 471. The molecule has 0 aliphatic heterocycles. The molecule has 0 saturated heterocycles. The number of rotatable bonds is 4. The molecule has 0 bridgehead atoms. The molecule has 86 valence electrons. The van der Waals surface area contributed by atoms with Crippen molar-refractivity contribution >= 4 is 5.91 Å². The fraction of sp³-hybridized carbons (Fsp3) is 0.154. The molecule has 1 N–H and O–H groups in total. The first-order chi connectivity index (χ1) is 8.36. The van der Waals surface area contributed by atoms with Crippen LogP contribution in [0.1, 0.15) is 15.9 Å². The van der Waals surface area contributed by atoms with Crippen molar-refractivity contribution in [2.45, 2.75) is 6.42 Å². The number of aromatic nitrogens is 2. The summed E-state index contributed by atoms with van der Waals surface area (Å²) in [6, 6.07) is 10.0. The monoisotopic (exact) mass is 227 g/mol. The highest BCUT2D eigenvalue weighted by atomic mass is 16.1. The minimum Gasteiger partial charge on any atom is -0.352 e. The van der Waals surface area contributed by atoms with Crippen LogP contribution in [0, 0.1) is 0 Å². The van der Waals surface area contributed by atoms with Crippen LogP contribution in [0.3, 0.4) is 0 Å². The van der Waals surface area contributed by atoms with E-state index in [0.717, 1.165) is 6.42 Å². The van der Waals surface area contributed by atoms with Crippen molar-refractivity contribution < 1.29 is 4.79 Å². The predicted molar refractivity (Wildman–Crippen MR) is 64.5 cm³/mol. The van der Waals surface area contributed by atoms with Crippen LogP contribution in [0.25, 0.3) is 0 Å². The third-order valence-corrected chi connectivity index (χ3v) is 2.36. The molecular weight excluding hydrogens is 214 g/mol. The lowest BCUT2D eigenvalue weighted by Gasteiger charge is -2.04. The van der Waals surface area contributed by atoms with Gasteiger partial charge in [0.25, 0.3) is 5.91 Å². The molecule has 0 fully saturated rings. The summed E-state index contributed by atoms with van der Waals surface area (Å²) in [5.74, 6) is -0.137. The molecule has 0 atom stereocenters. The average Bonchev–Trinajstić information content (AvgIpc) is 2.41. The maximum atomic E-state index is 11.6. The molecule has 0 aliphatic rings. The van der Waals surface area contributed by atoms with Crippen molar-refractivity contribution in [2.24, 2.45) is 0 Å². The van der Waals surface area contributed by atoms with Gasteiger partial charge in [0, 0.05) is 18.9 Å². The summed E-state index contributed by atoms with van der Waals surface area (Å²) >= 11 is 0. The summed E-state index contributed by atoms with van der Waals surface area (Å²) in [5, 5.41) is 2.83. The van der Waals surface area contributed by atoms with Crippen LogP contribution in [0.15, 0.2) is 49.1 Å². The zero-order valence-corrected chi connectivity index (χ0v) is 9.34. The van der Waals surface area contributed by atoms with E-state index in [0.29, 0.717) is 12.1 Å². The number of carbonyl (C=O) groups excluding carboxylic acids is 1. The molecule has 1 amide bonds. The van der Waals surface area contributed by atoms with Gasteiger partial charge in [-0.15, -0.1) is 0 Å². The van der Waals surface area contributed by atoms with Crippen LogP contribution in [0.2, 0.25) is 0 Å². The Kier molecular flexibility index (Phi) is 3.81. The number of amides is 1. The Labute approximate surface area is 99.7 Å². The summed E-state index contributed by atoms with van der Waals surface area (Å²) in [4.78, 5) is 19.2. The maximum Gasteiger partial charge on any atom is 0.254 e. The zero-order chi connectivity index (χ0) is 11.9. The highest BCUT2D eigenvalue weighted by molar-refractivity contribution is 5.93. The molecule has 0 aliphatic carbocycles. The van der Waals surface area contributed by atoms with E-state index in [9.17, 15) is 4.79 Å². The van der Waals surface area contributed by atoms with E-state index >= 15 is 0 Å². The summed E-state index contributed by atoms with van der Waals surface area (Å²) in [6.07, 6.45) is 5.23. The SMILES string of the molecule is O=C(NCCc1ccccc1)c1cncnc1. The van der Waals surface area contributed by atoms with E-state index in [1.165, 1.54) is 24.3 Å². The van der Waals surface area contributed by atoms with Crippen LogP contribution in [-0.4, -0.2) is 22.4 Å². The second kappa shape index (κ2) is 5.75. The van der Waals surface area contributed by atoms with Crippen LogP contribution < -0.4 is 5.32 Å². The Balaban J connectivity index is 1.82. The third kappa shape index (κ3) is 3.38. The van der Waals surface area contributed by atoms with Crippen molar-refractivity contribution in [3.8, 4) is 0 Å². The summed E-state index contributed by atoms with van der Waals surface area (Å²) in [6.45, 7) is 0.609. The molecule has 2 rings (SSSR count). The quantitative estimate of drug-likeness (QED) is 0.860. The first-order valence-electron chi connectivity index (χ1n) is 5.43. The fourth-order valence-corrected chi connectivity index (χ4v) is 1.48. The normalized spacial score (nSPS) is 9.88. The molecule has 1 heterocycles. The molecule has 2 aromatic rings. The second-order valence-electron chi connectivity index (χ2n) is 3.62. The Morgan fingerprint density at radius 2 is 1.82 bits per heavy atom. The Morgan fingerprint density at radius 3 is 2.53 bits per heavy atom. The van der Waals surface area contributed by atoms with Gasteiger partial charge in [-0.2, -0.15) is 0 Å². The van der Waals surface area contributed by atoms with Crippen LogP contribution in [0.5, 0.6) is 0 Å². The average molecular weight is 227 g/mol. The van der Waals surface area contributed by atoms with Gasteiger partial charge in [0.05, 0.1) is 5.56 Å². The number of benzene rings is 1. The third-order valence-electron chi connectivity index (χ3n) is 2.36. The van der Waals surface area contributed by atoms with Gasteiger partial charge in [-0.1, -0.05) is 30.3 Å². The van der Waals surface area contributed by atoms with Gasteiger partial charge < -0.3 is 5.32 Å². The molecule has 4 heteroatoms. The highest BCUT2D eigenvalue weighted by Gasteiger charge is 2.04. The van der Waals surface area contributed by atoms with Gasteiger partial charge in [0.2, 0.25) is 0 Å². The van der Waals surface area contributed by atoms with Gasteiger partial charge >= 0.3 is 0 Å². The summed E-state index contributed by atoms with van der Waals surface area (Å²) < 4.78 is 0. The van der Waals surface area contributed by atoms with Gasteiger partial charge in [-0.05, 0) is 12.0 Å². The number of carbonyl (C=O) groups is 1. The van der Waals surface area contributed by atoms with E-state index in [4.69, 9.17) is 0 Å². The van der Waals surface area contributed by atoms with Gasteiger partial charge in [0.1, 0.15) is 6.33 Å². The minimum atomic E-state index is -0.137. The Morgan fingerprint density at radius 1 is 1.12 bits per heavy atom. The Hall–Kier alpha value is -2.23. The zero-order valence-electron chi connectivity index (χ0n) is 9.34. The van der Waals surface area contributed by atoms with E-state index in [-0.39, 0.29) is 5.91 Å². The van der Waals surface area contributed by atoms with E-state index in [1.807, 2.05) is 30.3 Å². The van der Waals surface area contributed by atoms with Crippen molar-refractivity contribution in [3.63, 3.8) is 0 Å². The lowest BCUT2D eigenvalue weighted by molar-refractivity contribution is 0.0953. The lowest BCUT2D eigenvalue weighted by Crippen LogP contribution is -2.25. The molecule has 17 heavy (non-hydrogen) atoms. The molecule has 4 nitrogen and oxygen atoms in total. The maximum absolute atomic E-state index is 11.6. The fourth-order valence-electron chi connectivity index (χ4n) is 1.48. The summed E-state index contributed by atoms with van der Waals surface area (Å²) in [7, 11) is 0. The van der Waals surface area contributed by atoms with Crippen molar-refractivity contribution in [3.05, 3.63) is 60.2 Å². The smallest absolute Gasteiger partial charge is 0.254 e. The van der Waals surface area contributed by atoms with E-state index in [2.05, 4.69) is 15.3 Å². The largest absolute Gasteiger partial charge is 0.352 e. The van der Waals surface area contributed by atoms with Gasteiger partial charge in [-0.25, -0.2) is 9.97 Å². The first kappa shape index (κ1) is 11.3. The number of hydrogen-bond donors (Lipinski definition) is 1. The van der Waals surface area contributed by atoms with Crippen molar-refractivity contribution in [2.75, 3.05) is 6.54 Å².